The molecule has 3 aromatic rings. The van der Waals surface area contributed by atoms with Gasteiger partial charge in [-0.25, -0.2) is 9.78 Å². The first-order valence-electron chi connectivity index (χ1n) is 8.14. The number of urea groups is 1. The standard InChI is InChI=1S/C17H13N5O5S/c1-17(10-2-4-12(5-3-10)22(26)27)14(24)21(15(25)19-17)9-11-8-13(23)20-6-7-28-16(20)18-11/h2-8H,9H2,1H3,(H,19,25). The van der Waals surface area contributed by atoms with Gasteiger partial charge in [0, 0.05) is 29.8 Å². The Balaban J connectivity index is 1.64. The number of rotatable bonds is 4. The first-order valence-corrected chi connectivity index (χ1v) is 9.02. The molecular formula is C17H13N5O5S. The molecule has 1 aliphatic rings. The molecule has 4 rings (SSSR count). The van der Waals surface area contributed by atoms with Gasteiger partial charge in [0.05, 0.1) is 17.2 Å². The Morgan fingerprint density at radius 1 is 1.25 bits per heavy atom. The molecule has 1 atom stereocenters. The van der Waals surface area contributed by atoms with Crippen molar-refractivity contribution in [2.24, 2.45) is 0 Å². The van der Waals surface area contributed by atoms with Gasteiger partial charge >= 0.3 is 6.03 Å². The van der Waals surface area contributed by atoms with E-state index in [1.54, 1.807) is 11.6 Å². The van der Waals surface area contributed by atoms with E-state index in [1.165, 1.54) is 53.0 Å². The van der Waals surface area contributed by atoms with Gasteiger partial charge in [-0.2, -0.15) is 0 Å². The summed E-state index contributed by atoms with van der Waals surface area (Å²) >= 11 is 1.27. The van der Waals surface area contributed by atoms with Crippen molar-refractivity contribution in [3.8, 4) is 0 Å². The summed E-state index contributed by atoms with van der Waals surface area (Å²) in [5, 5.41) is 15.1. The number of nitro benzene ring substituents is 1. The van der Waals surface area contributed by atoms with Crippen LogP contribution in [0.15, 0.2) is 46.7 Å². The van der Waals surface area contributed by atoms with E-state index in [9.17, 15) is 24.5 Å². The van der Waals surface area contributed by atoms with Gasteiger partial charge in [0.1, 0.15) is 5.54 Å². The van der Waals surface area contributed by atoms with Gasteiger partial charge in [0.2, 0.25) is 0 Å². The third-order valence-corrected chi connectivity index (χ3v) is 5.36. The maximum atomic E-state index is 13.0. The van der Waals surface area contributed by atoms with Crippen LogP contribution in [0.4, 0.5) is 10.5 Å². The molecule has 11 heteroatoms. The molecule has 1 saturated heterocycles. The van der Waals surface area contributed by atoms with Crippen molar-refractivity contribution in [3.63, 3.8) is 0 Å². The van der Waals surface area contributed by atoms with Crippen LogP contribution in [0.25, 0.3) is 4.96 Å². The second-order valence-corrected chi connectivity index (χ2v) is 7.26. The number of amides is 3. The van der Waals surface area contributed by atoms with Gasteiger partial charge in [0.15, 0.2) is 4.96 Å². The maximum absolute atomic E-state index is 13.0. The Hall–Kier alpha value is -3.60. The Bertz CT molecular complexity index is 1180. The largest absolute Gasteiger partial charge is 0.325 e. The predicted molar refractivity (Wildman–Crippen MR) is 98.9 cm³/mol. The summed E-state index contributed by atoms with van der Waals surface area (Å²) in [7, 11) is 0. The molecule has 0 radical (unpaired) electrons. The van der Waals surface area contributed by atoms with Crippen LogP contribution in [0.5, 0.6) is 0 Å². The van der Waals surface area contributed by atoms with E-state index in [1.807, 2.05) is 0 Å². The van der Waals surface area contributed by atoms with Crippen LogP contribution in [0.3, 0.4) is 0 Å². The van der Waals surface area contributed by atoms with Gasteiger partial charge < -0.3 is 5.32 Å². The van der Waals surface area contributed by atoms with E-state index in [-0.39, 0.29) is 17.8 Å². The third-order valence-electron chi connectivity index (χ3n) is 4.61. The first kappa shape index (κ1) is 17.8. The molecular weight excluding hydrogens is 386 g/mol. The number of aromatic nitrogens is 2. The minimum Gasteiger partial charge on any atom is -0.319 e. The van der Waals surface area contributed by atoms with Crippen LogP contribution < -0.4 is 10.9 Å². The zero-order valence-electron chi connectivity index (χ0n) is 14.5. The number of hydrogen-bond acceptors (Lipinski definition) is 7. The molecule has 10 nitrogen and oxygen atoms in total. The van der Waals surface area contributed by atoms with Crippen LogP contribution in [0.2, 0.25) is 0 Å². The normalized spacial score (nSPS) is 19.2. The molecule has 1 fully saturated rings. The van der Waals surface area contributed by atoms with Crippen molar-refractivity contribution in [2.75, 3.05) is 0 Å². The number of benzene rings is 1. The highest BCUT2D eigenvalue weighted by Crippen LogP contribution is 2.30. The molecule has 1 aliphatic heterocycles. The van der Waals surface area contributed by atoms with E-state index in [0.717, 1.165) is 4.90 Å². The zero-order valence-corrected chi connectivity index (χ0v) is 15.3. The fraction of sp³-hybridized carbons (Fsp3) is 0.176. The number of nitrogens with zero attached hydrogens (tertiary/aromatic N) is 4. The summed E-state index contributed by atoms with van der Waals surface area (Å²) in [6.45, 7) is 1.37. The number of carbonyl (C=O) groups is 2. The summed E-state index contributed by atoms with van der Waals surface area (Å²) in [5.74, 6) is -0.528. The van der Waals surface area contributed by atoms with Crippen molar-refractivity contribution in [1.29, 1.82) is 0 Å². The maximum Gasteiger partial charge on any atom is 0.325 e. The molecule has 1 unspecified atom stereocenters. The molecule has 3 amide bonds. The average molecular weight is 399 g/mol. The van der Waals surface area contributed by atoms with E-state index >= 15 is 0 Å². The molecule has 1 N–H and O–H groups in total. The van der Waals surface area contributed by atoms with Gasteiger partial charge in [-0.1, -0.05) is 0 Å². The van der Waals surface area contributed by atoms with Crippen LogP contribution >= 0.6 is 11.3 Å². The van der Waals surface area contributed by atoms with Crippen molar-refractivity contribution in [3.05, 3.63) is 73.6 Å². The lowest BCUT2D eigenvalue weighted by Crippen LogP contribution is -2.40. The summed E-state index contributed by atoms with van der Waals surface area (Å²) < 4.78 is 1.38. The summed E-state index contributed by atoms with van der Waals surface area (Å²) in [4.78, 5) is 53.5. The zero-order chi connectivity index (χ0) is 20.1. The fourth-order valence-electron chi connectivity index (χ4n) is 3.08. The Morgan fingerprint density at radius 2 is 1.96 bits per heavy atom. The Labute approximate surface area is 161 Å². The van der Waals surface area contributed by atoms with Crippen molar-refractivity contribution < 1.29 is 14.5 Å². The van der Waals surface area contributed by atoms with Crippen molar-refractivity contribution in [2.45, 2.75) is 19.0 Å². The van der Waals surface area contributed by atoms with E-state index in [4.69, 9.17) is 0 Å². The lowest BCUT2D eigenvalue weighted by Gasteiger charge is -2.22. The summed E-state index contributed by atoms with van der Waals surface area (Å²) in [6, 6.07) is 6.07. The van der Waals surface area contributed by atoms with E-state index < -0.39 is 22.4 Å². The predicted octanol–water partition coefficient (Wildman–Crippen LogP) is 1.63. The molecule has 2 aromatic heterocycles. The quantitative estimate of drug-likeness (QED) is 0.404. The molecule has 1 aromatic carbocycles. The Morgan fingerprint density at radius 3 is 2.64 bits per heavy atom. The summed E-state index contributed by atoms with van der Waals surface area (Å²) in [5.41, 5.74) is -1.07. The molecule has 0 aliphatic carbocycles. The monoisotopic (exact) mass is 399 g/mol. The number of nitro groups is 1. The second kappa shape index (κ2) is 6.23. The van der Waals surface area contributed by atoms with E-state index in [2.05, 4.69) is 10.3 Å². The first-order chi connectivity index (χ1) is 13.3. The molecule has 0 spiro atoms. The van der Waals surface area contributed by atoms with Crippen molar-refractivity contribution in [1.82, 2.24) is 19.6 Å². The highest BCUT2D eigenvalue weighted by Gasteiger charge is 2.49. The van der Waals surface area contributed by atoms with Gasteiger partial charge in [-0.05, 0) is 24.6 Å². The van der Waals surface area contributed by atoms with Crippen LogP contribution in [0.1, 0.15) is 18.2 Å². The van der Waals surface area contributed by atoms with Crippen LogP contribution in [-0.4, -0.2) is 31.1 Å². The van der Waals surface area contributed by atoms with Crippen LogP contribution in [-0.2, 0) is 16.9 Å². The van der Waals surface area contributed by atoms with E-state index in [0.29, 0.717) is 16.2 Å². The minimum atomic E-state index is -1.37. The third kappa shape index (κ3) is 2.72. The van der Waals surface area contributed by atoms with Gasteiger partial charge in [-0.15, -0.1) is 11.3 Å². The smallest absolute Gasteiger partial charge is 0.319 e. The topological polar surface area (TPSA) is 127 Å². The van der Waals surface area contributed by atoms with Gasteiger partial charge in [0.25, 0.3) is 17.2 Å². The number of non-ortho nitro benzene ring substituents is 1. The molecule has 142 valence electrons. The SMILES string of the molecule is CC1(c2ccc([N+](=O)[O-])cc2)NC(=O)N(Cc2cc(=O)n3ccsc3n2)C1=O. The number of imide groups is 1. The molecule has 0 saturated carbocycles. The van der Waals surface area contributed by atoms with Gasteiger partial charge in [-0.3, -0.25) is 29.0 Å². The summed E-state index contributed by atoms with van der Waals surface area (Å²) in [6.07, 6.45) is 1.60. The van der Waals surface area contributed by atoms with Crippen LogP contribution in [0, 0.1) is 10.1 Å². The molecule has 3 heterocycles. The van der Waals surface area contributed by atoms with Crippen molar-refractivity contribution >= 4 is 33.9 Å². The average Bonchev–Trinajstić information content (AvgIpc) is 3.21. The fourth-order valence-corrected chi connectivity index (χ4v) is 3.82. The lowest BCUT2D eigenvalue weighted by atomic mass is 9.92. The minimum absolute atomic E-state index is 0.116. The highest BCUT2D eigenvalue weighted by molar-refractivity contribution is 7.15. The second-order valence-electron chi connectivity index (χ2n) is 6.39. The number of nitrogens with one attached hydrogen (secondary N) is 1. The molecule has 28 heavy (non-hydrogen) atoms. The number of thiazole rings is 1. The number of fused-ring (bicyclic) bond motifs is 1. The highest BCUT2D eigenvalue weighted by atomic mass is 32.1. The number of carbonyl (C=O) groups excluding carboxylic acids is 2. The number of hydrogen-bond donors (Lipinski definition) is 1. The molecule has 0 bridgehead atoms. The Kier molecular flexibility index (Phi) is 3.96. The lowest BCUT2D eigenvalue weighted by molar-refractivity contribution is -0.384.